The van der Waals surface area contributed by atoms with Crippen LogP contribution in [0.2, 0.25) is 5.02 Å². The third kappa shape index (κ3) is 4.71. The van der Waals surface area contributed by atoms with Crippen molar-refractivity contribution in [1.29, 1.82) is 0 Å². The summed E-state index contributed by atoms with van der Waals surface area (Å²) in [7, 11) is -4.10. The number of carbonyl (C=O) groups excluding carboxylic acids is 1. The van der Waals surface area contributed by atoms with E-state index in [0.717, 1.165) is 41.4 Å². The summed E-state index contributed by atoms with van der Waals surface area (Å²) in [6.07, 6.45) is 7.92. The molecule has 4 aromatic heterocycles. The normalized spacial score (nSPS) is 21.6. The molecule has 3 saturated carbocycles. The molecule has 0 radical (unpaired) electrons. The molecule has 0 amide bonds. The van der Waals surface area contributed by atoms with Crippen molar-refractivity contribution < 1.29 is 22.3 Å². The second-order valence-corrected chi connectivity index (χ2v) is 13.8. The van der Waals surface area contributed by atoms with Crippen LogP contribution >= 0.6 is 11.6 Å². The molecule has 3 aliphatic carbocycles. The maximum absolute atomic E-state index is 14.6. The number of nitrogens with zero attached hydrogens (tertiary/aromatic N) is 5. The van der Waals surface area contributed by atoms with E-state index in [1.54, 1.807) is 35.8 Å². The molecular weight excluding hydrogens is 607 g/mol. The van der Waals surface area contributed by atoms with E-state index < -0.39 is 15.8 Å². The Labute approximate surface area is 258 Å². The van der Waals surface area contributed by atoms with Crippen LogP contribution < -0.4 is 5.32 Å². The molecule has 0 spiro atoms. The first-order chi connectivity index (χ1) is 21.2. The molecule has 228 valence electrons. The third-order valence-electron chi connectivity index (χ3n) is 8.94. The summed E-state index contributed by atoms with van der Waals surface area (Å²) in [5.41, 5.74) is 1.73. The fraction of sp³-hybridized carbons (Fsp3) is 0.355. The van der Waals surface area contributed by atoms with Crippen molar-refractivity contribution in [2.75, 3.05) is 11.9 Å². The van der Waals surface area contributed by atoms with E-state index in [2.05, 4.69) is 15.4 Å². The highest BCUT2D eigenvalue weighted by molar-refractivity contribution is 7.90. The summed E-state index contributed by atoms with van der Waals surface area (Å²) in [5.74, 6) is -0.230. The molecule has 0 aliphatic heterocycles. The summed E-state index contributed by atoms with van der Waals surface area (Å²) >= 11 is 6.60. The molecule has 2 atom stereocenters. The zero-order chi connectivity index (χ0) is 30.7. The SMILES string of the molecule is CCOC(=O)[C@H]1[C@H]2CC[C@H](CC2)[C@@H]1Nc1nc(-c2cn(S(=O)(=O)c3ccc(C)cc3)c3ncc(F)cc23)nn2ccc(Cl)c12. The summed E-state index contributed by atoms with van der Waals surface area (Å²) in [4.78, 5) is 22.2. The number of nitrogens with one attached hydrogen (secondary N) is 1. The lowest BCUT2D eigenvalue weighted by Gasteiger charge is -2.47. The smallest absolute Gasteiger partial charge is 0.311 e. The number of benzene rings is 1. The van der Waals surface area contributed by atoms with Crippen molar-refractivity contribution in [2.24, 2.45) is 17.8 Å². The van der Waals surface area contributed by atoms with Gasteiger partial charge in [-0.3, -0.25) is 4.79 Å². The number of esters is 1. The molecule has 3 aliphatic rings. The number of aryl methyl sites for hydroxylation is 1. The van der Waals surface area contributed by atoms with Crippen LogP contribution in [0.5, 0.6) is 0 Å². The standard InChI is InChI=1S/C31H30ClFN6O4S/c1-3-43-31(40)25-18-6-8-19(9-7-18)26(25)35-29-27-24(32)12-13-38(27)37-28(36-29)23-16-39(30-22(23)14-20(33)15-34-30)44(41,42)21-10-4-17(2)5-11-21/h4-5,10-16,18-19,25-26H,3,6-9H2,1-2H3,(H,35,36,37)/t18-,19+,25-,26-/m0/s1. The zero-order valence-electron chi connectivity index (χ0n) is 24.1. The predicted molar refractivity (Wildman–Crippen MR) is 163 cm³/mol. The molecule has 44 heavy (non-hydrogen) atoms. The molecule has 13 heteroatoms. The highest BCUT2D eigenvalue weighted by Gasteiger charge is 2.48. The number of hydrogen-bond acceptors (Lipinski definition) is 8. The lowest BCUT2D eigenvalue weighted by molar-refractivity contribution is -0.154. The molecule has 3 fully saturated rings. The van der Waals surface area contributed by atoms with Crippen molar-refractivity contribution in [3.05, 3.63) is 71.4 Å². The average Bonchev–Trinajstić information content (AvgIpc) is 3.58. The molecule has 2 bridgehead atoms. The fourth-order valence-corrected chi connectivity index (χ4v) is 8.39. The Morgan fingerprint density at radius 1 is 1.14 bits per heavy atom. The van der Waals surface area contributed by atoms with Crippen LogP contribution in [0.1, 0.15) is 38.2 Å². The Kier molecular flexibility index (Phi) is 7.08. The molecule has 0 saturated heterocycles. The van der Waals surface area contributed by atoms with Crippen LogP contribution in [0.3, 0.4) is 0 Å². The molecule has 4 heterocycles. The minimum Gasteiger partial charge on any atom is -0.466 e. The van der Waals surface area contributed by atoms with E-state index in [1.807, 2.05) is 6.92 Å². The number of ether oxygens (including phenoxy) is 1. The van der Waals surface area contributed by atoms with Gasteiger partial charge in [-0.1, -0.05) is 29.3 Å². The van der Waals surface area contributed by atoms with Gasteiger partial charge in [0.1, 0.15) is 11.3 Å². The molecule has 1 aromatic carbocycles. The first kappa shape index (κ1) is 28.7. The second-order valence-electron chi connectivity index (χ2n) is 11.5. The summed E-state index contributed by atoms with van der Waals surface area (Å²) in [6.45, 7) is 3.96. The van der Waals surface area contributed by atoms with Gasteiger partial charge in [0, 0.05) is 29.4 Å². The highest BCUT2D eigenvalue weighted by atomic mass is 35.5. The van der Waals surface area contributed by atoms with Crippen molar-refractivity contribution in [3.63, 3.8) is 0 Å². The maximum Gasteiger partial charge on any atom is 0.311 e. The first-order valence-electron chi connectivity index (χ1n) is 14.6. The monoisotopic (exact) mass is 636 g/mol. The number of pyridine rings is 1. The Hall–Kier alpha value is -4.03. The van der Waals surface area contributed by atoms with Crippen LogP contribution in [0.4, 0.5) is 10.2 Å². The van der Waals surface area contributed by atoms with Gasteiger partial charge in [0.15, 0.2) is 17.3 Å². The highest BCUT2D eigenvalue weighted by Crippen LogP contribution is 2.47. The summed E-state index contributed by atoms with van der Waals surface area (Å²) < 4.78 is 50.2. The number of halogens is 2. The van der Waals surface area contributed by atoms with E-state index in [9.17, 15) is 17.6 Å². The second kappa shape index (κ2) is 10.8. The van der Waals surface area contributed by atoms with Crippen LogP contribution in [-0.4, -0.2) is 50.6 Å². The van der Waals surface area contributed by atoms with E-state index in [1.165, 1.54) is 24.4 Å². The minimum atomic E-state index is -4.10. The quantitative estimate of drug-likeness (QED) is 0.221. The molecular formula is C31H30ClFN6O4S. The van der Waals surface area contributed by atoms with Gasteiger partial charge < -0.3 is 10.1 Å². The Balaban J connectivity index is 1.38. The fourth-order valence-electron chi connectivity index (χ4n) is 6.83. The minimum absolute atomic E-state index is 0.0395. The van der Waals surface area contributed by atoms with Gasteiger partial charge in [-0.25, -0.2) is 31.3 Å². The lowest BCUT2D eigenvalue weighted by Crippen LogP contribution is -2.52. The number of hydrogen-bond donors (Lipinski definition) is 1. The van der Waals surface area contributed by atoms with Gasteiger partial charge in [-0.15, -0.1) is 5.10 Å². The van der Waals surface area contributed by atoms with E-state index in [-0.39, 0.29) is 57.1 Å². The van der Waals surface area contributed by atoms with Crippen molar-refractivity contribution in [3.8, 4) is 11.4 Å². The largest absolute Gasteiger partial charge is 0.466 e. The average molecular weight is 637 g/mol. The van der Waals surface area contributed by atoms with Crippen LogP contribution in [0.25, 0.3) is 27.9 Å². The number of anilines is 1. The third-order valence-corrected chi connectivity index (χ3v) is 10.9. The number of carbonyl (C=O) groups is 1. The number of fused-ring (bicyclic) bond motifs is 5. The van der Waals surface area contributed by atoms with Crippen molar-refractivity contribution in [1.82, 2.24) is 23.6 Å². The lowest BCUT2D eigenvalue weighted by atomic mass is 9.61. The van der Waals surface area contributed by atoms with E-state index >= 15 is 0 Å². The predicted octanol–water partition coefficient (Wildman–Crippen LogP) is 5.86. The van der Waals surface area contributed by atoms with Crippen LogP contribution in [-0.2, 0) is 19.6 Å². The molecule has 0 unspecified atom stereocenters. The summed E-state index contributed by atoms with van der Waals surface area (Å²) in [6, 6.07) is 9.12. The summed E-state index contributed by atoms with van der Waals surface area (Å²) in [5, 5.41) is 8.81. The Morgan fingerprint density at radius 2 is 1.86 bits per heavy atom. The number of rotatable bonds is 7. The molecule has 1 N–H and O–H groups in total. The first-order valence-corrected chi connectivity index (χ1v) is 16.4. The van der Waals surface area contributed by atoms with Gasteiger partial charge in [-0.2, -0.15) is 0 Å². The van der Waals surface area contributed by atoms with Crippen LogP contribution in [0.15, 0.2) is 59.9 Å². The van der Waals surface area contributed by atoms with Crippen LogP contribution in [0, 0.1) is 30.5 Å². The van der Waals surface area contributed by atoms with Gasteiger partial charge in [0.25, 0.3) is 10.0 Å². The van der Waals surface area contributed by atoms with Gasteiger partial charge in [0.2, 0.25) is 0 Å². The van der Waals surface area contributed by atoms with Gasteiger partial charge in [0.05, 0.1) is 28.6 Å². The molecule has 10 nitrogen and oxygen atoms in total. The molecule has 5 aromatic rings. The van der Waals surface area contributed by atoms with E-state index in [0.29, 0.717) is 23.0 Å². The molecule has 8 rings (SSSR count). The van der Waals surface area contributed by atoms with E-state index in [4.69, 9.17) is 21.3 Å². The Morgan fingerprint density at radius 3 is 2.59 bits per heavy atom. The zero-order valence-corrected chi connectivity index (χ0v) is 25.6. The van der Waals surface area contributed by atoms with Gasteiger partial charge >= 0.3 is 5.97 Å². The van der Waals surface area contributed by atoms with Crippen molar-refractivity contribution in [2.45, 2.75) is 50.5 Å². The number of aromatic nitrogens is 5. The van der Waals surface area contributed by atoms with Gasteiger partial charge in [-0.05, 0) is 75.6 Å². The Bertz CT molecular complexity index is 2020. The maximum atomic E-state index is 14.6. The van der Waals surface area contributed by atoms with Crippen molar-refractivity contribution >= 4 is 50.0 Å². The topological polar surface area (TPSA) is 120 Å².